The van der Waals surface area contributed by atoms with Crippen LogP contribution in [0, 0.1) is 0 Å². The highest BCUT2D eigenvalue weighted by atomic mass is 35.5. The second-order valence-corrected chi connectivity index (χ2v) is 8.35. The van der Waals surface area contributed by atoms with Crippen molar-refractivity contribution in [2.45, 2.75) is 11.3 Å². The molecular formula is C18H21ClN2O4S. The number of carbonyl (C=O) groups is 1. The second kappa shape index (κ2) is 9.02. The fourth-order valence-corrected chi connectivity index (χ4v) is 3.29. The van der Waals surface area contributed by atoms with E-state index in [0.717, 1.165) is 9.87 Å². The molecule has 0 aromatic heterocycles. The highest BCUT2D eigenvalue weighted by Crippen LogP contribution is 2.18. The maximum absolute atomic E-state index is 12.0. The molecule has 0 heterocycles. The van der Waals surface area contributed by atoms with Crippen molar-refractivity contribution in [2.24, 2.45) is 0 Å². The Balaban J connectivity index is 1.77. The third-order valence-corrected chi connectivity index (χ3v) is 5.61. The Morgan fingerprint density at radius 3 is 2.46 bits per heavy atom. The molecular weight excluding hydrogens is 376 g/mol. The van der Waals surface area contributed by atoms with Crippen molar-refractivity contribution in [1.82, 2.24) is 9.62 Å². The van der Waals surface area contributed by atoms with Crippen LogP contribution in [0.25, 0.3) is 0 Å². The van der Waals surface area contributed by atoms with Crippen LogP contribution in [0.1, 0.15) is 5.56 Å². The molecule has 0 aliphatic carbocycles. The van der Waals surface area contributed by atoms with E-state index in [0.29, 0.717) is 17.3 Å². The topological polar surface area (TPSA) is 75.7 Å². The van der Waals surface area contributed by atoms with Gasteiger partial charge in [0, 0.05) is 19.1 Å². The summed E-state index contributed by atoms with van der Waals surface area (Å²) in [4.78, 5) is 12.1. The van der Waals surface area contributed by atoms with Gasteiger partial charge < -0.3 is 10.1 Å². The Bertz CT molecular complexity index is 852. The van der Waals surface area contributed by atoms with Gasteiger partial charge in [-0.1, -0.05) is 23.7 Å². The SMILES string of the molecule is CN(C)S(=O)(=O)c1ccc(OCCNC(=O)Cc2cccc(Cl)c2)cc1. The lowest BCUT2D eigenvalue weighted by atomic mass is 10.1. The van der Waals surface area contributed by atoms with E-state index in [2.05, 4.69) is 5.32 Å². The first-order valence-corrected chi connectivity index (χ1v) is 9.77. The number of ether oxygens (including phenoxy) is 1. The lowest BCUT2D eigenvalue weighted by Gasteiger charge is -2.12. The minimum Gasteiger partial charge on any atom is -0.492 e. The quantitative estimate of drug-likeness (QED) is 0.695. The lowest BCUT2D eigenvalue weighted by Crippen LogP contribution is -2.29. The summed E-state index contributed by atoms with van der Waals surface area (Å²) >= 11 is 5.89. The summed E-state index contributed by atoms with van der Waals surface area (Å²) in [6.45, 7) is 0.623. The van der Waals surface area contributed by atoms with Crippen molar-refractivity contribution < 1.29 is 17.9 Å². The van der Waals surface area contributed by atoms with Gasteiger partial charge in [-0.15, -0.1) is 0 Å². The minimum atomic E-state index is -3.45. The molecule has 0 saturated heterocycles. The number of nitrogens with one attached hydrogen (secondary N) is 1. The van der Waals surface area contributed by atoms with Crippen molar-refractivity contribution in [1.29, 1.82) is 0 Å². The summed E-state index contributed by atoms with van der Waals surface area (Å²) in [6.07, 6.45) is 0.248. The monoisotopic (exact) mass is 396 g/mol. The molecule has 8 heteroatoms. The number of benzene rings is 2. The molecule has 0 fully saturated rings. The summed E-state index contributed by atoms with van der Waals surface area (Å²) in [6, 6.07) is 13.3. The molecule has 26 heavy (non-hydrogen) atoms. The predicted octanol–water partition coefficient (Wildman–Crippen LogP) is 2.33. The maximum atomic E-state index is 12.0. The Morgan fingerprint density at radius 2 is 1.85 bits per heavy atom. The standard InChI is InChI=1S/C18H21ClN2O4S/c1-21(2)26(23,24)17-8-6-16(7-9-17)25-11-10-20-18(22)13-14-4-3-5-15(19)12-14/h3-9,12H,10-11,13H2,1-2H3,(H,20,22). The zero-order valence-corrected chi connectivity index (χ0v) is 16.2. The van der Waals surface area contributed by atoms with Crippen LogP contribution in [0.2, 0.25) is 5.02 Å². The van der Waals surface area contributed by atoms with E-state index in [9.17, 15) is 13.2 Å². The zero-order chi connectivity index (χ0) is 19.2. The van der Waals surface area contributed by atoms with Crippen molar-refractivity contribution in [3.05, 3.63) is 59.1 Å². The molecule has 0 aliphatic heterocycles. The van der Waals surface area contributed by atoms with E-state index >= 15 is 0 Å². The summed E-state index contributed by atoms with van der Waals surface area (Å²) in [5.74, 6) is 0.412. The maximum Gasteiger partial charge on any atom is 0.242 e. The number of nitrogens with zero attached hydrogens (tertiary/aromatic N) is 1. The average molecular weight is 397 g/mol. The van der Waals surface area contributed by atoms with Crippen LogP contribution in [0.3, 0.4) is 0 Å². The molecule has 0 unspecified atom stereocenters. The number of rotatable bonds is 8. The molecule has 0 spiro atoms. The molecule has 1 amide bonds. The van der Waals surface area contributed by atoms with Gasteiger partial charge in [0.2, 0.25) is 15.9 Å². The summed E-state index contributed by atoms with van der Waals surface area (Å²) in [5, 5.41) is 3.36. The normalized spacial score (nSPS) is 11.4. The molecule has 6 nitrogen and oxygen atoms in total. The molecule has 0 bridgehead atoms. The van der Waals surface area contributed by atoms with Gasteiger partial charge in [0.05, 0.1) is 17.9 Å². The minimum absolute atomic E-state index is 0.122. The van der Waals surface area contributed by atoms with Crippen LogP contribution < -0.4 is 10.1 Å². The predicted molar refractivity (Wildman–Crippen MR) is 101 cm³/mol. The Morgan fingerprint density at radius 1 is 1.15 bits per heavy atom. The Kier molecular flexibility index (Phi) is 7.02. The molecule has 140 valence electrons. The average Bonchev–Trinajstić information content (AvgIpc) is 2.59. The summed E-state index contributed by atoms with van der Waals surface area (Å²) in [7, 11) is -0.496. The molecule has 0 radical (unpaired) electrons. The van der Waals surface area contributed by atoms with Crippen LogP contribution >= 0.6 is 11.6 Å². The molecule has 1 N–H and O–H groups in total. The number of amides is 1. The van der Waals surface area contributed by atoms with Crippen LogP contribution in [0.15, 0.2) is 53.4 Å². The van der Waals surface area contributed by atoms with Gasteiger partial charge in [-0.3, -0.25) is 4.79 Å². The van der Waals surface area contributed by atoms with E-state index in [1.807, 2.05) is 6.07 Å². The first kappa shape index (κ1) is 20.2. The van der Waals surface area contributed by atoms with Gasteiger partial charge in [-0.05, 0) is 42.0 Å². The smallest absolute Gasteiger partial charge is 0.242 e. The van der Waals surface area contributed by atoms with E-state index in [1.165, 1.54) is 26.2 Å². The van der Waals surface area contributed by atoms with Gasteiger partial charge in [-0.2, -0.15) is 0 Å². The number of halogens is 1. The number of hydrogen-bond donors (Lipinski definition) is 1. The third kappa shape index (κ3) is 5.72. The molecule has 0 saturated carbocycles. The first-order valence-electron chi connectivity index (χ1n) is 7.95. The molecule has 0 aliphatic rings. The molecule has 2 aromatic rings. The van der Waals surface area contributed by atoms with Crippen molar-refractivity contribution in [3.63, 3.8) is 0 Å². The van der Waals surface area contributed by atoms with Gasteiger partial charge in [0.15, 0.2) is 0 Å². The molecule has 0 atom stereocenters. The Labute approximate surface area is 158 Å². The fourth-order valence-electron chi connectivity index (χ4n) is 2.17. The highest BCUT2D eigenvalue weighted by molar-refractivity contribution is 7.89. The number of hydrogen-bond acceptors (Lipinski definition) is 4. The summed E-state index contributed by atoms with van der Waals surface area (Å²) < 4.78 is 30.6. The van der Waals surface area contributed by atoms with Crippen LogP contribution in [0.4, 0.5) is 0 Å². The number of carbonyl (C=O) groups excluding carboxylic acids is 1. The van der Waals surface area contributed by atoms with E-state index in [1.54, 1.807) is 30.3 Å². The van der Waals surface area contributed by atoms with Crippen molar-refractivity contribution in [2.75, 3.05) is 27.2 Å². The fraction of sp³-hybridized carbons (Fsp3) is 0.278. The van der Waals surface area contributed by atoms with Gasteiger partial charge in [0.25, 0.3) is 0 Å². The largest absolute Gasteiger partial charge is 0.492 e. The van der Waals surface area contributed by atoms with E-state index < -0.39 is 10.0 Å². The molecule has 2 rings (SSSR count). The molecule has 2 aromatic carbocycles. The zero-order valence-electron chi connectivity index (χ0n) is 14.6. The van der Waals surface area contributed by atoms with E-state index in [-0.39, 0.29) is 23.8 Å². The van der Waals surface area contributed by atoms with Gasteiger partial charge in [-0.25, -0.2) is 12.7 Å². The van der Waals surface area contributed by atoms with E-state index in [4.69, 9.17) is 16.3 Å². The van der Waals surface area contributed by atoms with Crippen molar-refractivity contribution >= 4 is 27.5 Å². The van der Waals surface area contributed by atoms with Gasteiger partial charge in [0.1, 0.15) is 12.4 Å². The number of sulfonamides is 1. The highest BCUT2D eigenvalue weighted by Gasteiger charge is 2.16. The van der Waals surface area contributed by atoms with Crippen LogP contribution in [-0.2, 0) is 21.2 Å². The van der Waals surface area contributed by atoms with Gasteiger partial charge >= 0.3 is 0 Å². The Hall–Kier alpha value is -2.09. The van der Waals surface area contributed by atoms with Crippen LogP contribution in [-0.4, -0.2) is 45.9 Å². The summed E-state index contributed by atoms with van der Waals surface area (Å²) in [5.41, 5.74) is 0.841. The van der Waals surface area contributed by atoms with Crippen molar-refractivity contribution in [3.8, 4) is 5.75 Å². The lowest BCUT2D eigenvalue weighted by molar-refractivity contribution is -0.120. The second-order valence-electron chi connectivity index (χ2n) is 5.76. The third-order valence-electron chi connectivity index (χ3n) is 3.55. The van der Waals surface area contributed by atoms with Crippen LogP contribution in [0.5, 0.6) is 5.75 Å². The first-order chi connectivity index (χ1) is 12.3.